The maximum atomic E-state index is 13.0. The zero-order valence-electron chi connectivity index (χ0n) is 17.7. The summed E-state index contributed by atoms with van der Waals surface area (Å²) in [6.45, 7) is 11.0. The van der Waals surface area contributed by atoms with Crippen LogP contribution in [0.15, 0.2) is 35.2 Å². The number of hydrogen-bond acceptors (Lipinski definition) is 4. The first kappa shape index (κ1) is 22.7. The predicted molar refractivity (Wildman–Crippen MR) is 118 cm³/mol. The molecule has 2 rings (SSSR count). The summed E-state index contributed by atoms with van der Waals surface area (Å²) in [5, 5.41) is 9.71. The van der Waals surface area contributed by atoms with Crippen LogP contribution >= 0.6 is 0 Å². The topological polar surface area (TPSA) is 86.7 Å². The molecule has 0 unspecified atom stereocenters. The molecule has 0 aliphatic heterocycles. The van der Waals surface area contributed by atoms with Crippen molar-refractivity contribution in [3.63, 3.8) is 0 Å². The number of nitrogens with zero attached hydrogens (tertiary/aromatic N) is 1. The van der Waals surface area contributed by atoms with Crippen LogP contribution in [0.5, 0.6) is 0 Å². The molecule has 0 saturated carbocycles. The first-order chi connectivity index (χ1) is 13.6. The molecule has 0 aliphatic rings. The highest BCUT2D eigenvalue weighted by atomic mass is 32.2. The zero-order valence-corrected chi connectivity index (χ0v) is 18.6. The van der Waals surface area contributed by atoms with Gasteiger partial charge >= 0.3 is 5.97 Å². The number of carboxylic acid groups (broad SMARTS) is 1. The third-order valence-corrected chi connectivity index (χ3v) is 6.37. The standard InChI is InChI=1S/C22H30N2O4S/c1-6-10-24(11-7-2)20-9-8-18(14-19(20)22(25)26)23-29(27,28)21-16(4)12-15(3)13-17(21)5/h8-9,12-14,23H,6-7,10-11H2,1-5H3,(H,25,26). The highest BCUT2D eigenvalue weighted by molar-refractivity contribution is 7.92. The molecule has 2 N–H and O–H groups in total. The van der Waals surface area contributed by atoms with Gasteiger partial charge in [-0.25, -0.2) is 13.2 Å². The van der Waals surface area contributed by atoms with E-state index in [4.69, 9.17) is 0 Å². The quantitative estimate of drug-likeness (QED) is 0.614. The Bertz CT molecular complexity index is 971. The van der Waals surface area contributed by atoms with E-state index in [0.717, 1.165) is 31.5 Å². The van der Waals surface area contributed by atoms with Gasteiger partial charge in [-0.05, 0) is 62.9 Å². The average molecular weight is 419 g/mol. The van der Waals surface area contributed by atoms with Gasteiger partial charge in [0.2, 0.25) is 0 Å². The molecular formula is C22H30N2O4S. The molecule has 6 nitrogen and oxygen atoms in total. The van der Waals surface area contributed by atoms with E-state index in [2.05, 4.69) is 4.72 Å². The van der Waals surface area contributed by atoms with Gasteiger partial charge in [0, 0.05) is 18.8 Å². The van der Waals surface area contributed by atoms with Gasteiger partial charge in [0.15, 0.2) is 0 Å². The number of carboxylic acids is 1. The van der Waals surface area contributed by atoms with Crippen molar-refractivity contribution in [2.75, 3.05) is 22.7 Å². The minimum atomic E-state index is -3.84. The lowest BCUT2D eigenvalue weighted by Crippen LogP contribution is -2.27. The maximum absolute atomic E-state index is 13.0. The lowest BCUT2D eigenvalue weighted by atomic mass is 10.1. The number of rotatable bonds is 9. The van der Waals surface area contributed by atoms with E-state index in [1.165, 1.54) is 6.07 Å². The normalized spacial score (nSPS) is 11.3. The van der Waals surface area contributed by atoms with Crippen molar-refractivity contribution in [3.05, 3.63) is 52.6 Å². The Morgan fingerprint density at radius 2 is 1.55 bits per heavy atom. The van der Waals surface area contributed by atoms with Gasteiger partial charge in [0.1, 0.15) is 0 Å². The molecule has 0 bridgehead atoms. The Morgan fingerprint density at radius 1 is 1.00 bits per heavy atom. The van der Waals surface area contributed by atoms with Crippen LogP contribution in [0.2, 0.25) is 0 Å². The van der Waals surface area contributed by atoms with Crippen molar-refractivity contribution in [1.29, 1.82) is 0 Å². The van der Waals surface area contributed by atoms with Crippen LogP contribution in [0.1, 0.15) is 53.7 Å². The summed E-state index contributed by atoms with van der Waals surface area (Å²) in [6, 6.07) is 8.34. The predicted octanol–water partition coefficient (Wildman–Crippen LogP) is 4.74. The molecule has 0 spiro atoms. The van der Waals surface area contributed by atoms with Crippen molar-refractivity contribution in [3.8, 4) is 0 Å². The molecule has 0 radical (unpaired) electrons. The monoisotopic (exact) mass is 418 g/mol. The number of sulfonamides is 1. The molecule has 0 fully saturated rings. The van der Waals surface area contributed by atoms with Gasteiger partial charge in [0.25, 0.3) is 10.0 Å². The van der Waals surface area contributed by atoms with Crippen molar-refractivity contribution >= 4 is 27.4 Å². The smallest absolute Gasteiger partial charge is 0.337 e. The van der Waals surface area contributed by atoms with E-state index >= 15 is 0 Å². The van der Waals surface area contributed by atoms with Crippen LogP contribution in [0.4, 0.5) is 11.4 Å². The van der Waals surface area contributed by atoms with Gasteiger partial charge in [0.05, 0.1) is 16.1 Å². The summed E-state index contributed by atoms with van der Waals surface area (Å²) >= 11 is 0. The van der Waals surface area contributed by atoms with Crippen molar-refractivity contribution < 1.29 is 18.3 Å². The fraction of sp³-hybridized carbons (Fsp3) is 0.409. The van der Waals surface area contributed by atoms with Crippen molar-refractivity contribution in [1.82, 2.24) is 0 Å². The Hall–Kier alpha value is -2.54. The molecule has 2 aromatic carbocycles. The van der Waals surface area contributed by atoms with E-state index in [0.29, 0.717) is 16.8 Å². The Balaban J connectivity index is 2.46. The van der Waals surface area contributed by atoms with Gasteiger partial charge in [-0.3, -0.25) is 4.72 Å². The highest BCUT2D eigenvalue weighted by Crippen LogP contribution is 2.28. The highest BCUT2D eigenvalue weighted by Gasteiger charge is 2.22. The number of aromatic carboxylic acids is 1. The Labute approximate surface area is 173 Å². The SMILES string of the molecule is CCCN(CCC)c1ccc(NS(=O)(=O)c2c(C)cc(C)cc2C)cc1C(=O)O. The summed E-state index contributed by atoms with van der Waals surface area (Å²) in [4.78, 5) is 14.1. The number of nitrogens with one attached hydrogen (secondary N) is 1. The van der Waals surface area contributed by atoms with Crippen molar-refractivity contribution in [2.24, 2.45) is 0 Å². The van der Waals surface area contributed by atoms with Crippen LogP contribution in [0.3, 0.4) is 0 Å². The van der Waals surface area contributed by atoms with Gasteiger partial charge < -0.3 is 10.0 Å². The van der Waals surface area contributed by atoms with Gasteiger partial charge in [-0.2, -0.15) is 0 Å². The summed E-state index contributed by atoms with van der Waals surface area (Å²) in [6.07, 6.45) is 1.78. The maximum Gasteiger partial charge on any atom is 0.337 e. The van der Waals surface area contributed by atoms with Crippen LogP contribution < -0.4 is 9.62 Å². The molecule has 0 amide bonds. The number of carbonyl (C=O) groups is 1. The summed E-state index contributed by atoms with van der Waals surface area (Å²) in [7, 11) is -3.84. The number of benzene rings is 2. The minimum Gasteiger partial charge on any atom is -0.478 e. The first-order valence-electron chi connectivity index (χ1n) is 9.83. The summed E-state index contributed by atoms with van der Waals surface area (Å²) < 4.78 is 28.5. The molecule has 7 heteroatoms. The third kappa shape index (κ3) is 5.29. The fourth-order valence-electron chi connectivity index (χ4n) is 3.74. The molecule has 158 valence electrons. The molecule has 0 atom stereocenters. The third-order valence-electron chi connectivity index (χ3n) is 4.68. The fourth-order valence-corrected chi connectivity index (χ4v) is 5.24. The molecule has 29 heavy (non-hydrogen) atoms. The summed E-state index contributed by atoms with van der Waals surface area (Å²) in [5.41, 5.74) is 3.22. The molecule has 0 saturated heterocycles. The van der Waals surface area contributed by atoms with E-state index in [1.54, 1.807) is 26.0 Å². The van der Waals surface area contributed by atoms with Crippen LogP contribution in [-0.4, -0.2) is 32.6 Å². The molecule has 0 aromatic heterocycles. The van der Waals surface area contributed by atoms with E-state index < -0.39 is 16.0 Å². The number of aryl methyl sites for hydroxylation is 3. The second-order valence-electron chi connectivity index (χ2n) is 7.36. The minimum absolute atomic E-state index is 0.0875. The number of hydrogen-bond donors (Lipinski definition) is 2. The molecule has 0 aliphatic carbocycles. The van der Waals surface area contributed by atoms with Gasteiger partial charge in [-0.15, -0.1) is 0 Å². The summed E-state index contributed by atoms with van der Waals surface area (Å²) in [5.74, 6) is -1.08. The number of anilines is 2. The second-order valence-corrected chi connectivity index (χ2v) is 8.98. The Kier molecular flexibility index (Phi) is 7.30. The molecule has 2 aromatic rings. The van der Waals surface area contributed by atoms with Crippen LogP contribution in [0, 0.1) is 20.8 Å². The molecular weight excluding hydrogens is 388 g/mol. The van der Waals surface area contributed by atoms with Crippen LogP contribution in [0.25, 0.3) is 0 Å². The average Bonchev–Trinajstić information content (AvgIpc) is 2.60. The van der Waals surface area contributed by atoms with Gasteiger partial charge in [-0.1, -0.05) is 31.5 Å². The first-order valence-corrected chi connectivity index (χ1v) is 11.3. The zero-order chi connectivity index (χ0) is 21.8. The largest absolute Gasteiger partial charge is 0.478 e. The van der Waals surface area contributed by atoms with E-state index in [-0.39, 0.29) is 16.1 Å². The van der Waals surface area contributed by atoms with Crippen molar-refractivity contribution in [2.45, 2.75) is 52.4 Å². The van der Waals surface area contributed by atoms with Crippen LogP contribution in [-0.2, 0) is 10.0 Å². The Morgan fingerprint density at radius 3 is 2.03 bits per heavy atom. The lowest BCUT2D eigenvalue weighted by molar-refractivity contribution is 0.0697. The van der Waals surface area contributed by atoms with E-state index in [1.807, 2.05) is 37.8 Å². The second kappa shape index (κ2) is 9.31. The van der Waals surface area contributed by atoms with E-state index in [9.17, 15) is 18.3 Å². The lowest BCUT2D eigenvalue weighted by Gasteiger charge is -2.26. The molecule has 0 heterocycles.